The van der Waals surface area contributed by atoms with Gasteiger partial charge in [-0.05, 0) is 38.8 Å². The van der Waals surface area contributed by atoms with E-state index < -0.39 is 0 Å². The highest BCUT2D eigenvalue weighted by atomic mass is 16.5. The molecule has 0 atom stereocenters. The minimum atomic E-state index is 0.414. The maximum atomic E-state index is 5.70. The Bertz CT molecular complexity index is 409. The fraction of sp³-hybridized carbons (Fsp3) is 0.688. The molecular weight excluding hydrogens is 266 g/mol. The Morgan fingerprint density at radius 3 is 2.86 bits per heavy atom. The number of ether oxygens (including phenoxy) is 1. The van der Waals surface area contributed by atoms with Gasteiger partial charge in [-0.2, -0.15) is 0 Å². The second kappa shape index (κ2) is 8.72. The van der Waals surface area contributed by atoms with Crippen molar-refractivity contribution in [1.29, 1.82) is 0 Å². The molecule has 1 aromatic rings. The molecule has 2 rings (SSSR count). The van der Waals surface area contributed by atoms with Crippen molar-refractivity contribution >= 4 is 5.96 Å². The van der Waals surface area contributed by atoms with Crippen molar-refractivity contribution < 1.29 is 9.15 Å². The van der Waals surface area contributed by atoms with Gasteiger partial charge in [-0.3, -0.25) is 4.99 Å². The zero-order valence-corrected chi connectivity index (χ0v) is 13.2. The average Bonchev–Trinajstić information content (AvgIpc) is 3.01. The summed E-state index contributed by atoms with van der Waals surface area (Å²) in [5, 5.41) is 3.38. The first-order valence-electron chi connectivity index (χ1n) is 8.00. The van der Waals surface area contributed by atoms with Crippen molar-refractivity contribution in [3.05, 3.63) is 24.2 Å². The lowest BCUT2D eigenvalue weighted by atomic mass is 10.1. The number of nitrogens with zero attached hydrogens (tertiary/aromatic N) is 2. The molecule has 0 aliphatic carbocycles. The Labute approximate surface area is 127 Å². The molecule has 0 aromatic carbocycles. The summed E-state index contributed by atoms with van der Waals surface area (Å²) in [6, 6.07) is 3.92. The molecule has 118 valence electrons. The van der Waals surface area contributed by atoms with Crippen molar-refractivity contribution in [2.45, 2.75) is 39.2 Å². The maximum absolute atomic E-state index is 5.70. The van der Waals surface area contributed by atoms with E-state index in [0.717, 1.165) is 63.8 Å². The standard InChI is InChI=1S/C16H27N3O2/c1-3-17-16(18-10-7-14-6-5-13-21-14)19-11-8-15(9-12-19)20-4-2/h5-6,13,15H,3-4,7-12H2,1-2H3,(H,17,18). The van der Waals surface area contributed by atoms with Gasteiger partial charge < -0.3 is 19.4 Å². The molecule has 0 bridgehead atoms. The maximum Gasteiger partial charge on any atom is 0.193 e. The molecule has 1 aromatic heterocycles. The highest BCUT2D eigenvalue weighted by molar-refractivity contribution is 5.80. The fourth-order valence-electron chi connectivity index (χ4n) is 2.62. The van der Waals surface area contributed by atoms with Crippen LogP contribution in [0.2, 0.25) is 0 Å². The van der Waals surface area contributed by atoms with Gasteiger partial charge in [0.05, 0.1) is 12.4 Å². The van der Waals surface area contributed by atoms with Crippen LogP contribution in [0.25, 0.3) is 0 Å². The molecule has 1 N–H and O–H groups in total. The molecule has 0 saturated carbocycles. The number of guanidine groups is 1. The third-order valence-corrected chi connectivity index (χ3v) is 3.68. The van der Waals surface area contributed by atoms with Gasteiger partial charge in [0.1, 0.15) is 5.76 Å². The number of furan rings is 1. The van der Waals surface area contributed by atoms with Gasteiger partial charge in [0.15, 0.2) is 5.96 Å². The molecule has 2 heterocycles. The lowest BCUT2D eigenvalue weighted by molar-refractivity contribution is 0.0264. The first-order chi connectivity index (χ1) is 10.3. The van der Waals surface area contributed by atoms with E-state index in [2.05, 4.69) is 24.1 Å². The minimum absolute atomic E-state index is 0.414. The lowest BCUT2D eigenvalue weighted by Crippen LogP contribution is -2.47. The molecule has 1 fully saturated rings. The number of hydrogen-bond donors (Lipinski definition) is 1. The van der Waals surface area contributed by atoms with Crippen LogP contribution in [0.4, 0.5) is 0 Å². The van der Waals surface area contributed by atoms with Crippen LogP contribution in [0.15, 0.2) is 27.8 Å². The number of aliphatic imine (C=N–C) groups is 1. The predicted molar refractivity (Wildman–Crippen MR) is 84.6 cm³/mol. The smallest absolute Gasteiger partial charge is 0.193 e. The largest absolute Gasteiger partial charge is 0.469 e. The van der Waals surface area contributed by atoms with Gasteiger partial charge in [-0.25, -0.2) is 0 Å². The van der Waals surface area contributed by atoms with E-state index >= 15 is 0 Å². The second-order valence-electron chi connectivity index (χ2n) is 5.21. The van der Waals surface area contributed by atoms with Gasteiger partial charge in [-0.1, -0.05) is 0 Å². The molecule has 1 aliphatic heterocycles. The summed E-state index contributed by atoms with van der Waals surface area (Å²) in [5.41, 5.74) is 0. The highest BCUT2D eigenvalue weighted by Gasteiger charge is 2.21. The van der Waals surface area contributed by atoms with Gasteiger partial charge in [0.2, 0.25) is 0 Å². The number of rotatable bonds is 6. The summed E-state index contributed by atoms with van der Waals surface area (Å²) < 4.78 is 11.0. The fourth-order valence-corrected chi connectivity index (χ4v) is 2.62. The Morgan fingerprint density at radius 1 is 1.43 bits per heavy atom. The van der Waals surface area contributed by atoms with E-state index in [1.165, 1.54) is 0 Å². The Kier molecular flexibility index (Phi) is 6.60. The van der Waals surface area contributed by atoms with Crippen molar-refractivity contribution in [2.75, 3.05) is 32.8 Å². The van der Waals surface area contributed by atoms with E-state index in [1.807, 2.05) is 12.1 Å². The zero-order valence-electron chi connectivity index (χ0n) is 13.2. The third-order valence-electron chi connectivity index (χ3n) is 3.68. The van der Waals surface area contributed by atoms with Crippen LogP contribution in [0, 0.1) is 0 Å². The SMILES string of the molecule is CCNC(=NCCc1ccco1)N1CCC(OCC)CC1. The van der Waals surface area contributed by atoms with Crippen LogP contribution in [0.1, 0.15) is 32.4 Å². The number of likely N-dealkylation sites (tertiary alicyclic amines) is 1. The summed E-state index contributed by atoms with van der Waals surface area (Å²) >= 11 is 0. The van der Waals surface area contributed by atoms with E-state index in [4.69, 9.17) is 14.1 Å². The molecule has 1 aliphatic rings. The Balaban J connectivity index is 1.83. The van der Waals surface area contributed by atoms with Crippen molar-refractivity contribution in [1.82, 2.24) is 10.2 Å². The van der Waals surface area contributed by atoms with Crippen LogP contribution < -0.4 is 5.32 Å². The van der Waals surface area contributed by atoms with E-state index in [-0.39, 0.29) is 0 Å². The van der Waals surface area contributed by atoms with Crippen LogP contribution >= 0.6 is 0 Å². The third kappa shape index (κ3) is 5.08. The topological polar surface area (TPSA) is 50.0 Å². The Morgan fingerprint density at radius 2 is 2.24 bits per heavy atom. The average molecular weight is 293 g/mol. The minimum Gasteiger partial charge on any atom is -0.469 e. The van der Waals surface area contributed by atoms with Gasteiger partial charge in [0.25, 0.3) is 0 Å². The molecule has 21 heavy (non-hydrogen) atoms. The Hall–Kier alpha value is -1.49. The molecule has 1 saturated heterocycles. The summed E-state index contributed by atoms with van der Waals surface area (Å²) in [4.78, 5) is 7.05. The van der Waals surface area contributed by atoms with Crippen LogP contribution in [0.3, 0.4) is 0 Å². The number of piperidine rings is 1. The van der Waals surface area contributed by atoms with Crippen LogP contribution in [0.5, 0.6) is 0 Å². The zero-order chi connectivity index (χ0) is 14.9. The molecule has 0 radical (unpaired) electrons. The molecule has 5 nitrogen and oxygen atoms in total. The van der Waals surface area contributed by atoms with Crippen LogP contribution in [-0.2, 0) is 11.2 Å². The molecule has 0 amide bonds. The first kappa shape index (κ1) is 15.9. The number of hydrogen-bond acceptors (Lipinski definition) is 3. The quantitative estimate of drug-likeness (QED) is 0.646. The summed E-state index contributed by atoms with van der Waals surface area (Å²) in [6.45, 7) is 8.64. The van der Waals surface area contributed by atoms with Crippen molar-refractivity contribution in [3.63, 3.8) is 0 Å². The lowest BCUT2D eigenvalue weighted by Gasteiger charge is -2.34. The molecule has 0 unspecified atom stereocenters. The molecule has 5 heteroatoms. The predicted octanol–water partition coefficient (Wildman–Crippen LogP) is 2.29. The van der Waals surface area contributed by atoms with Gasteiger partial charge >= 0.3 is 0 Å². The summed E-state index contributed by atoms with van der Waals surface area (Å²) in [6.07, 6.45) is 5.13. The van der Waals surface area contributed by atoms with Crippen molar-refractivity contribution in [2.24, 2.45) is 4.99 Å². The normalized spacial score (nSPS) is 17.2. The van der Waals surface area contributed by atoms with E-state index in [0.29, 0.717) is 6.10 Å². The second-order valence-corrected chi connectivity index (χ2v) is 5.21. The van der Waals surface area contributed by atoms with E-state index in [9.17, 15) is 0 Å². The monoisotopic (exact) mass is 293 g/mol. The number of nitrogens with one attached hydrogen (secondary N) is 1. The van der Waals surface area contributed by atoms with Crippen molar-refractivity contribution in [3.8, 4) is 0 Å². The molecular formula is C16H27N3O2. The summed E-state index contributed by atoms with van der Waals surface area (Å²) in [5.74, 6) is 2.00. The molecule has 0 spiro atoms. The van der Waals surface area contributed by atoms with Crippen LogP contribution in [-0.4, -0.2) is 49.7 Å². The van der Waals surface area contributed by atoms with Gasteiger partial charge in [-0.15, -0.1) is 0 Å². The first-order valence-corrected chi connectivity index (χ1v) is 8.00. The van der Waals surface area contributed by atoms with Gasteiger partial charge in [0, 0.05) is 39.2 Å². The summed E-state index contributed by atoms with van der Waals surface area (Å²) in [7, 11) is 0. The highest BCUT2D eigenvalue weighted by Crippen LogP contribution is 2.13. The van der Waals surface area contributed by atoms with E-state index in [1.54, 1.807) is 6.26 Å².